The van der Waals surface area contributed by atoms with Crippen molar-refractivity contribution in [3.8, 4) is 0 Å². The highest BCUT2D eigenvalue weighted by atomic mass is 16.2. The van der Waals surface area contributed by atoms with Crippen molar-refractivity contribution in [2.75, 3.05) is 18.9 Å². The molecule has 6 heteroatoms. The van der Waals surface area contributed by atoms with Gasteiger partial charge < -0.3 is 15.5 Å². The molecule has 2 heterocycles. The first-order valence-electron chi connectivity index (χ1n) is 7.93. The van der Waals surface area contributed by atoms with E-state index in [1.54, 1.807) is 30.4 Å². The van der Waals surface area contributed by atoms with Crippen LogP contribution in [0.3, 0.4) is 0 Å². The maximum Gasteiger partial charge on any atom is 0.254 e. The van der Waals surface area contributed by atoms with Crippen LogP contribution in [0, 0.1) is 0 Å². The predicted molar refractivity (Wildman–Crippen MR) is 91.5 cm³/mol. The summed E-state index contributed by atoms with van der Waals surface area (Å²) in [6.45, 7) is 1.24. The molecule has 0 saturated carbocycles. The average molecular weight is 324 g/mol. The van der Waals surface area contributed by atoms with Crippen LogP contribution in [0.1, 0.15) is 22.3 Å². The van der Waals surface area contributed by atoms with Gasteiger partial charge in [0.25, 0.3) is 5.91 Å². The van der Waals surface area contributed by atoms with Crippen LogP contribution in [0.4, 0.5) is 5.69 Å². The Balaban J connectivity index is 1.69. The number of amides is 2. The fourth-order valence-electron chi connectivity index (χ4n) is 2.73. The summed E-state index contributed by atoms with van der Waals surface area (Å²) in [6, 6.07) is 10.7. The van der Waals surface area contributed by atoms with E-state index in [0.29, 0.717) is 25.1 Å². The summed E-state index contributed by atoms with van der Waals surface area (Å²) >= 11 is 0. The van der Waals surface area contributed by atoms with Crippen molar-refractivity contribution in [3.63, 3.8) is 0 Å². The molecule has 6 nitrogen and oxygen atoms in total. The van der Waals surface area contributed by atoms with E-state index in [2.05, 4.69) is 15.6 Å². The maximum atomic E-state index is 12.6. The molecule has 0 spiro atoms. The van der Waals surface area contributed by atoms with Crippen LogP contribution in [0.5, 0.6) is 0 Å². The van der Waals surface area contributed by atoms with Gasteiger partial charge in [0, 0.05) is 38.2 Å². The molecule has 2 N–H and O–H groups in total. The largest absolute Gasteiger partial charge is 0.380 e. The summed E-state index contributed by atoms with van der Waals surface area (Å²) in [6.07, 6.45) is 4.15. The smallest absolute Gasteiger partial charge is 0.254 e. The average Bonchev–Trinajstić information content (AvgIpc) is 2.93. The summed E-state index contributed by atoms with van der Waals surface area (Å²) in [5, 5.41) is 6.09. The third kappa shape index (κ3) is 3.53. The molecule has 1 aliphatic heterocycles. The van der Waals surface area contributed by atoms with Gasteiger partial charge >= 0.3 is 0 Å². The third-order valence-corrected chi connectivity index (χ3v) is 4.11. The fourth-order valence-corrected chi connectivity index (χ4v) is 2.73. The Morgan fingerprint density at radius 1 is 1.29 bits per heavy atom. The molecular formula is C18H20N4O2. The molecule has 1 aromatic heterocycles. The first-order valence-corrected chi connectivity index (χ1v) is 7.93. The topological polar surface area (TPSA) is 74.3 Å². The lowest BCUT2D eigenvalue weighted by atomic mass is 10.1. The molecule has 1 saturated heterocycles. The van der Waals surface area contributed by atoms with Crippen LogP contribution in [0.2, 0.25) is 0 Å². The Hall–Kier alpha value is -2.89. The number of carbonyl (C=O) groups excluding carboxylic acids is 2. The van der Waals surface area contributed by atoms with Gasteiger partial charge in [0.1, 0.15) is 6.04 Å². The Morgan fingerprint density at radius 2 is 2.12 bits per heavy atom. The molecule has 124 valence electrons. The van der Waals surface area contributed by atoms with Gasteiger partial charge in [-0.3, -0.25) is 14.6 Å². The van der Waals surface area contributed by atoms with Gasteiger partial charge in [-0.05, 0) is 30.2 Å². The molecule has 2 amide bonds. The second-order valence-electron chi connectivity index (χ2n) is 5.83. The lowest BCUT2D eigenvalue weighted by molar-refractivity contribution is -0.128. The van der Waals surface area contributed by atoms with Gasteiger partial charge in [-0.1, -0.05) is 18.2 Å². The molecule has 0 aliphatic carbocycles. The predicted octanol–water partition coefficient (Wildman–Crippen LogP) is 1.65. The minimum atomic E-state index is -0.436. The van der Waals surface area contributed by atoms with Crippen LogP contribution in [-0.2, 0) is 11.3 Å². The summed E-state index contributed by atoms with van der Waals surface area (Å²) in [5.74, 6) is -0.276. The molecule has 1 fully saturated rings. The van der Waals surface area contributed by atoms with Crippen molar-refractivity contribution in [2.45, 2.75) is 19.0 Å². The van der Waals surface area contributed by atoms with E-state index >= 15 is 0 Å². The normalized spacial score (nSPS) is 17.0. The summed E-state index contributed by atoms with van der Waals surface area (Å²) in [7, 11) is 1.75. The zero-order valence-electron chi connectivity index (χ0n) is 13.5. The molecule has 3 rings (SSSR count). The number of aromatic nitrogens is 1. The van der Waals surface area contributed by atoms with Crippen LogP contribution < -0.4 is 10.6 Å². The van der Waals surface area contributed by atoms with Crippen molar-refractivity contribution in [1.29, 1.82) is 0 Å². The Labute approximate surface area is 140 Å². The van der Waals surface area contributed by atoms with E-state index in [4.69, 9.17) is 0 Å². The Kier molecular flexibility index (Phi) is 4.74. The quantitative estimate of drug-likeness (QED) is 0.877. The number of anilines is 1. The number of rotatable bonds is 5. The lowest BCUT2D eigenvalue weighted by Gasteiger charge is -2.15. The molecule has 2 aromatic rings. The van der Waals surface area contributed by atoms with Crippen LogP contribution in [0.15, 0.2) is 48.8 Å². The van der Waals surface area contributed by atoms with E-state index < -0.39 is 6.04 Å². The minimum absolute atomic E-state index is 0.0378. The number of likely N-dealkylation sites (tertiary alicyclic amines) is 1. The van der Waals surface area contributed by atoms with Crippen molar-refractivity contribution in [2.24, 2.45) is 0 Å². The molecule has 1 aromatic carbocycles. The first kappa shape index (κ1) is 16.0. The van der Waals surface area contributed by atoms with Gasteiger partial charge in [0.2, 0.25) is 5.91 Å². The number of para-hydroxylation sites is 1. The number of hydrogen-bond acceptors (Lipinski definition) is 4. The van der Waals surface area contributed by atoms with E-state index in [0.717, 1.165) is 11.3 Å². The lowest BCUT2D eigenvalue weighted by Crippen LogP contribution is -2.40. The van der Waals surface area contributed by atoms with Crippen LogP contribution >= 0.6 is 0 Å². The van der Waals surface area contributed by atoms with Gasteiger partial charge in [-0.2, -0.15) is 0 Å². The number of carbonyl (C=O) groups is 2. The highest BCUT2D eigenvalue weighted by Gasteiger charge is 2.30. The van der Waals surface area contributed by atoms with Crippen molar-refractivity contribution in [1.82, 2.24) is 15.2 Å². The molecule has 0 radical (unpaired) electrons. The zero-order chi connectivity index (χ0) is 16.9. The van der Waals surface area contributed by atoms with Gasteiger partial charge in [-0.25, -0.2) is 0 Å². The van der Waals surface area contributed by atoms with Gasteiger partial charge in [-0.15, -0.1) is 0 Å². The van der Waals surface area contributed by atoms with Crippen molar-refractivity contribution >= 4 is 17.5 Å². The number of pyridine rings is 1. The van der Waals surface area contributed by atoms with Crippen molar-refractivity contribution < 1.29 is 9.59 Å². The van der Waals surface area contributed by atoms with Gasteiger partial charge in [0.15, 0.2) is 0 Å². The molecule has 24 heavy (non-hydrogen) atoms. The minimum Gasteiger partial charge on any atom is -0.380 e. The highest BCUT2D eigenvalue weighted by Crippen LogP contribution is 2.17. The zero-order valence-corrected chi connectivity index (χ0v) is 13.5. The van der Waals surface area contributed by atoms with Crippen molar-refractivity contribution in [3.05, 3.63) is 59.9 Å². The molecule has 1 atom stereocenters. The monoisotopic (exact) mass is 324 g/mol. The standard InChI is InChI=1S/C18H20N4O2/c1-22-10-8-16(18(22)24)21-17(23)14-6-2-3-7-15(14)20-12-13-5-4-9-19-11-13/h2-7,9,11,16,20H,8,10,12H2,1H3,(H,21,23). The first-order chi connectivity index (χ1) is 11.6. The van der Waals surface area contributed by atoms with E-state index in [-0.39, 0.29) is 11.8 Å². The third-order valence-electron chi connectivity index (χ3n) is 4.11. The number of likely N-dealkylation sites (N-methyl/N-ethyl adjacent to an activating group) is 1. The molecular weight excluding hydrogens is 304 g/mol. The highest BCUT2D eigenvalue weighted by molar-refractivity contribution is 6.02. The van der Waals surface area contributed by atoms with E-state index in [1.807, 2.05) is 30.3 Å². The SMILES string of the molecule is CN1CCC(NC(=O)c2ccccc2NCc2cccnc2)C1=O. The fraction of sp³-hybridized carbons (Fsp3) is 0.278. The number of nitrogens with one attached hydrogen (secondary N) is 2. The molecule has 1 aliphatic rings. The second-order valence-corrected chi connectivity index (χ2v) is 5.83. The molecule has 0 bridgehead atoms. The Morgan fingerprint density at radius 3 is 2.83 bits per heavy atom. The summed E-state index contributed by atoms with van der Waals surface area (Å²) in [4.78, 5) is 30.2. The van der Waals surface area contributed by atoms with E-state index in [1.165, 1.54) is 0 Å². The summed E-state index contributed by atoms with van der Waals surface area (Å²) in [5.41, 5.74) is 2.29. The number of benzene rings is 1. The number of nitrogens with zero attached hydrogens (tertiary/aromatic N) is 2. The van der Waals surface area contributed by atoms with Crippen LogP contribution in [-0.4, -0.2) is 41.3 Å². The Bertz CT molecular complexity index is 733. The molecule has 1 unspecified atom stereocenters. The second kappa shape index (κ2) is 7.12. The summed E-state index contributed by atoms with van der Waals surface area (Å²) < 4.78 is 0. The van der Waals surface area contributed by atoms with E-state index in [9.17, 15) is 9.59 Å². The van der Waals surface area contributed by atoms with Gasteiger partial charge in [0.05, 0.1) is 5.56 Å². The number of hydrogen-bond donors (Lipinski definition) is 2. The van der Waals surface area contributed by atoms with Crippen LogP contribution in [0.25, 0.3) is 0 Å². The maximum absolute atomic E-state index is 12.6.